The Labute approximate surface area is 105 Å². The maximum atomic E-state index is 3.65. The maximum Gasteiger partial charge on any atom is 0.0393 e. The molecule has 1 aliphatic rings. The molecule has 2 atom stereocenters. The predicted molar refractivity (Wildman–Crippen MR) is 74.6 cm³/mol. The standard InChI is InChI=1S/C15H24N2/c1-12-8-6-10-16-14(12)11-17(3)15-9-5-4-7-13(15)2/h4-5,7,9,12,14,16H,6,8,10-11H2,1-3H3. The smallest absolute Gasteiger partial charge is 0.0393 e. The van der Waals surface area contributed by atoms with Crippen LogP contribution in [0.5, 0.6) is 0 Å². The van der Waals surface area contributed by atoms with Crippen molar-refractivity contribution < 1.29 is 0 Å². The molecule has 0 spiro atoms. The van der Waals surface area contributed by atoms with E-state index in [-0.39, 0.29) is 0 Å². The number of anilines is 1. The van der Waals surface area contributed by atoms with Crippen LogP contribution < -0.4 is 10.2 Å². The number of para-hydroxylation sites is 1. The topological polar surface area (TPSA) is 15.3 Å². The Balaban J connectivity index is 2.01. The van der Waals surface area contributed by atoms with E-state index < -0.39 is 0 Å². The zero-order valence-corrected chi connectivity index (χ0v) is 11.2. The third kappa shape index (κ3) is 3.01. The van der Waals surface area contributed by atoms with E-state index in [1.165, 1.54) is 30.6 Å². The second-order valence-corrected chi connectivity index (χ2v) is 5.35. The number of piperidine rings is 1. The van der Waals surface area contributed by atoms with Gasteiger partial charge in [0, 0.05) is 25.3 Å². The molecule has 2 unspecified atom stereocenters. The highest BCUT2D eigenvalue weighted by Crippen LogP contribution is 2.21. The SMILES string of the molecule is Cc1ccccc1N(C)CC1NCCCC1C. The van der Waals surface area contributed by atoms with Gasteiger partial charge in [-0.15, -0.1) is 0 Å². The van der Waals surface area contributed by atoms with Crippen molar-refractivity contribution in [2.24, 2.45) is 5.92 Å². The first-order valence-corrected chi connectivity index (χ1v) is 6.68. The average Bonchev–Trinajstić information content (AvgIpc) is 2.32. The van der Waals surface area contributed by atoms with Gasteiger partial charge in [0.25, 0.3) is 0 Å². The second kappa shape index (κ2) is 5.54. The fraction of sp³-hybridized carbons (Fsp3) is 0.600. The van der Waals surface area contributed by atoms with Gasteiger partial charge in [-0.25, -0.2) is 0 Å². The molecule has 1 aromatic carbocycles. The van der Waals surface area contributed by atoms with E-state index in [0.29, 0.717) is 6.04 Å². The molecule has 0 amide bonds. The van der Waals surface area contributed by atoms with Crippen molar-refractivity contribution in [3.8, 4) is 0 Å². The Morgan fingerprint density at radius 2 is 2.12 bits per heavy atom. The van der Waals surface area contributed by atoms with Crippen LogP contribution in [0.15, 0.2) is 24.3 Å². The minimum Gasteiger partial charge on any atom is -0.373 e. The molecule has 1 aromatic rings. The number of hydrogen-bond acceptors (Lipinski definition) is 2. The summed E-state index contributed by atoms with van der Waals surface area (Å²) in [5.41, 5.74) is 2.71. The highest BCUT2D eigenvalue weighted by Gasteiger charge is 2.22. The van der Waals surface area contributed by atoms with Crippen LogP contribution >= 0.6 is 0 Å². The van der Waals surface area contributed by atoms with Gasteiger partial charge in [0.15, 0.2) is 0 Å². The van der Waals surface area contributed by atoms with Crippen LogP contribution in [0, 0.1) is 12.8 Å². The van der Waals surface area contributed by atoms with E-state index in [2.05, 4.69) is 55.4 Å². The summed E-state index contributed by atoms with van der Waals surface area (Å²) >= 11 is 0. The summed E-state index contributed by atoms with van der Waals surface area (Å²) < 4.78 is 0. The number of hydrogen-bond donors (Lipinski definition) is 1. The molecule has 1 saturated heterocycles. The number of rotatable bonds is 3. The van der Waals surface area contributed by atoms with Crippen LogP contribution in [-0.4, -0.2) is 26.2 Å². The first-order chi connectivity index (χ1) is 8.18. The average molecular weight is 232 g/mol. The number of nitrogens with one attached hydrogen (secondary N) is 1. The van der Waals surface area contributed by atoms with Crippen LogP contribution in [-0.2, 0) is 0 Å². The highest BCUT2D eigenvalue weighted by molar-refractivity contribution is 5.52. The third-order valence-electron chi connectivity index (χ3n) is 3.93. The Hall–Kier alpha value is -1.02. The van der Waals surface area contributed by atoms with Gasteiger partial charge in [-0.05, 0) is 43.9 Å². The molecule has 0 bridgehead atoms. The van der Waals surface area contributed by atoms with E-state index in [1.54, 1.807) is 0 Å². The van der Waals surface area contributed by atoms with Crippen molar-refractivity contribution in [2.75, 3.05) is 25.0 Å². The van der Waals surface area contributed by atoms with Gasteiger partial charge in [0.1, 0.15) is 0 Å². The van der Waals surface area contributed by atoms with Crippen LogP contribution in [0.1, 0.15) is 25.3 Å². The van der Waals surface area contributed by atoms with Gasteiger partial charge in [0.05, 0.1) is 0 Å². The summed E-state index contributed by atoms with van der Waals surface area (Å²) in [6.07, 6.45) is 2.69. The molecule has 94 valence electrons. The van der Waals surface area contributed by atoms with E-state index in [4.69, 9.17) is 0 Å². The summed E-state index contributed by atoms with van der Waals surface area (Å²) in [6.45, 7) is 6.83. The summed E-state index contributed by atoms with van der Waals surface area (Å²) in [7, 11) is 2.20. The lowest BCUT2D eigenvalue weighted by molar-refractivity contribution is 0.303. The van der Waals surface area contributed by atoms with Gasteiger partial charge < -0.3 is 10.2 Å². The van der Waals surface area contributed by atoms with Crippen LogP contribution in [0.3, 0.4) is 0 Å². The monoisotopic (exact) mass is 232 g/mol. The number of benzene rings is 1. The fourth-order valence-corrected chi connectivity index (χ4v) is 2.74. The Morgan fingerprint density at radius 3 is 2.82 bits per heavy atom. The predicted octanol–water partition coefficient (Wildman–Crippen LogP) is 2.82. The minimum absolute atomic E-state index is 0.633. The van der Waals surface area contributed by atoms with Crippen molar-refractivity contribution in [3.63, 3.8) is 0 Å². The van der Waals surface area contributed by atoms with Gasteiger partial charge in [0.2, 0.25) is 0 Å². The van der Waals surface area contributed by atoms with E-state index >= 15 is 0 Å². The van der Waals surface area contributed by atoms with Gasteiger partial charge in [-0.2, -0.15) is 0 Å². The van der Waals surface area contributed by atoms with Gasteiger partial charge in [-0.3, -0.25) is 0 Å². The number of nitrogens with zero attached hydrogens (tertiary/aromatic N) is 1. The molecule has 2 heteroatoms. The second-order valence-electron chi connectivity index (χ2n) is 5.35. The largest absolute Gasteiger partial charge is 0.373 e. The Bertz CT molecular complexity index is 362. The molecule has 0 aliphatic carbocycles. The maximum absolute atomic E-state index is 3.65. The molecule has 0 saturated carbocycles. The zero-order chi connectivity index (χ0) is 12.3. The van der Waals surface area contributed by atoms with Crippen LogP contribution in [0.4, 0.5) is 5.69 Å². The van der Waals surface area contributed by atoms with Crippen molar-refractivity contribution in [3.05, 3.63) is 29.8 Å². The van der Waals surface area contributed by atoms with Crippen molar-refractivity contribution in [1.29, 1.82) is 0 Å². The summed E-state index contributed by atoms with van der Waals surface area (Å²) in [5, 5.41) is 3.65. The third-order valence-corrected chi connectivity index (χ3v) is 3.93. The molecule has 17 heavy (non-hydrogen) atoms. The molecule has 2 nitrogen and oxygen atoms in total. The van der Waals surface area contributed by atoms with Gasteiger partial charge in [-0.1, -0.05) is 25.1 Å². The molecular weight excluding hydrogens is 208 g/mol. The number of likely N-dealkylation sites (N-methyl/N-ethyl adjacent to an activating group) is 1. The lowest BCUT2D eigenvalue weighted by Crippen LogP contribution is -2.47. The van der Waals surface area contributed by atoms with Crippen LogP contribution in [0.2, 0.25) is 0 Å². The van der Waals surface area contributed by atoms with Crippen LogP contribution in [0.25, 0.3) is 0 Å². The molecular formula is C15H24N2. The number of aryl methyl sites for hydroxylation is 1. The summed E-state index contributed by atoms with van der Waals surface area (Å²) in [5.74, 6) is 0.787. The van der Waals surface area contributed by atoms with Crippen molar-refractivity contribution >= 4 is 5.69 Å². The Kier molecular flexibility index (Phi) is 4.06. The molecule has 1 heterocycles. The first kappa shape index (κ1) is 12.4. The van der Waals surface area contributed by atoms with Crippen molar-refractivity contribution in [1.82, 2.24) is 5.32 Å². The van der Waals surface area contributed by atoms with E-state index in [9.17, 15) is 0 Å². The molecule has 1 N–H and O–H groups in total. The fourth-order valence-electron chi connectivity index (χ4n) is 2.74. The minimum atomic E-state index is 0.633. The van der Waals surface area contributed by atoms with E-state index in [0.717, 1.165) is 12.5 Å². The summed E-state index contributed by atoms with van der Waals surface area (Å²) in [4.78, 5) is 2.38. The molecule has 0 aromatic heterocycles. The first-order valence-electron chi connectivity index (χ1n) is 6.68. The lowest BCUT2D eigenvalue weighted by Gasteiger charge is -2.34. The van der Waals surface area contributed by atoms with Crippen molar-refractivity contribution in [2.45, 2.75) is 32.7 Å². The molecule has 1 aliphatic heterocycles. The summed E-state index contributed by atoms with van der Waals surface area (Å²) in [6, 6.07) is 9.25. The quantitative estimate of drug-likeness (QED) is 0.862. The molecule has 1 fully saturated rings. The lowest BCUT2D eigenvalue weighted by atomic mass is 9.92. The molecule has 0 radical (unpaired) electrons. The van der Waals surface area contributed by atoms with Gasteiger partial charge >= 0.3 is 0 Å². The molecule has 2 rings (SSSR count). The highest BCUT2D eigenvalue weighted by atomic mass is 15.1. The van der Waals surface area contributed by atoms with E-state index in [1.807, 2.05) is 0 Å². The normalized spacial score (nSPS) is 24.6. The zero-order valence-electron chi connectivity index (χ0n) is 11.2. The Morgan fingerprint density at radius 1 is 1.35 bits per heavy atom.